The molecule has 168 valence electrons. The normalized spacial score (nSPS) is 16.6. The molecule has 1 aliphatic heterocycles. The third kappa shape index (κ3) is 4.58. The average Bonchev–Trinajstić information content (AvgIpc) is 3.34. The molecule has 3 rings (SSSR count). The lowest BCUT2D eigenvalue weighted by Gasteiger charge is -2.24. The highest BCUT2D eigenvalue weighted by atomic mass is 32.2. The maximum Gasteiger partial charge on any atom is 0.354 e. The molecule has 2 aromatic rings. The zero-order valence-corrected chi connectivity index (χ0v) is 19.1. The second kappa shape index (κ2) is 9.33. The summed E-state index contributed by atoms with van der Waals surface area (Å²) in [4.78, 5) is 25.6. The van der Waals surface area contributed by atoms with Crippen LogP contribution in [0.5, 0.6) is 0 Å². The van der Waals surface area contributed by atoms with E-state index in [1.165, 1.54) is 23.5 Å². The number of ketones is 1. The lowest BCUT2D eigenvalue weighted by atomic mass is 10.1. The van der Waals surface area contributed by atoms with Crippen LogP contribution in [0.25, 0.3) is 0 Å². The molecule has 31 heavy (non-hydrogen) atoms. The van der Waals surface area contributed by atoms with Crippen LogP contribution >= 0.6 is 0 Å². The summed E-state index contributed by atoms with van der Waals surface area (Å²) in [6.07, 6.45) is 1.34. The number of carbonyl (C=O) groups is 2. The SMILES string of the molecule is COC(=O)c1c(C)c(C(=O)CN(C[C@@H]2CCCO2)S(=O)(=O)c2ccccc2)c(C)n1C. The summed E-state index contributed by atoms with van der Waals surface area (Å²) in [5.41, 5.74) is 1.67. The minimum absolute atomic E-state index is 0.0950. The first kappa shape index (κ1) is 23.2. The Bertz CT molecular complexity index is 1070. The van der Waals surface area contributed by atoms with Gasteiger partial charge in [0.15, 0.2) is 5.78 Å². The lowest BCUT2D eigenvalue weighted by Crippen LogP contribution is -2.40. The first-order valence-corrected chi connectivity index (χ1v) is 11.6. The first-order chi connectivity index (χ1) is 14.7. The van der Waals surface area contributed by atoms with Crippen molar-refractivity contribution in [2.75, 3.05) is 26.8 Å². The largest absolute Gasteiger partial charge is 0.464 e. The molecule has 1 fully saturated rings. The summed E-state index contributed by atoms with van der Waals surface area (Å²) in [5.74, 6) is -0.923. The second-order valence-corrected chi connectivity index (χ2v) is 9.59. The Morgan fingerprint density at radius 3 is 2.48 bits per heavy atom. The maximum atomic E-state index is 13.3. The number of rotatable bonds is 8. The quantitative estimate of drug-likeness (QED) is 0.455. The number of benzene rings is 1. The molecule has 0 N–H and O–H groups in total. The van der Waals surface area contributed by atoms with E-state index in [1.807, 2.05) is 0 Å². The van der Waals surface area contributed by atoms with E-state index in [0.717, 1.165) is 12.8 Å². The second-order valence-electron chi connectivity index (χ2n) is 7.65. The summed E-state index contributed by atoms with van der Waals surface area (Å²) in [7, 11) is -0.952. The van der Waals surface area contributed by atoms with E-state index in [1.54, 1.807) is 43.7 Å². The molecular weight excluding hydrogens is 420 g/mol. The molecule has 0 amide bonds. The van der Waals surface area contributed by atoms with Gasteiger partial charge < -0.3 is 14.0 Å². The maximum absolute atomic E-state index is 13.3. The molecule has 2 heterocycles. The number of methoxy groups -OCH3 is 1. The van der Waals surface area contributed by atoms with Crippen LogP contribution in [0.3, 0.4) is 0 Å². The summed E-state index contributed by atoms with van der Waals surface area (Å²) in [5, 5.41) is 0. The fourth-order valence-corrected chi connectivity index (χ4v) is 5.47. The Balaban J connectivity index is 1.97. The van der Waals surface area contributed by atoms with Crippen LogP contribution in [0, 0.1) is 13.8 Å². The van der Waals surface area contributed by atoms with Gasteiger partial charge in [0.2, 0.25) is 10.0 Å². The number of carbonyl (C=O) groups excluding carboxylic acids is 2. The zero-order valence-electron chi connectivity index (χ0n) is 18.3. The Labute approximate surface area is 182 Å². The Morgan fingerprint density at radius 1 is 1.23 bits per heavy atom. The number of Topliss-reactive ketones (excluding diaryl/α,β-unsaturated/α-hetero) is 1. The number of sulfonamides is 1. The van der Waals surface area contributed by atoms with Gasteiger partial charge in [0.1, 0.15) is 5.69 Å². The van der Waals surface area contributed by atoms with Crippen molar-refractivity contribution in [3.05, 3.63) is 52.8 Å². The van der Waals surface area contributed by atoms with Crippen molar-refractivity contribution in [2.24, 2.45) is 7.05 Å². The predicted octanol–water partition coefficient (Wildman–Crippen LogP) is 2.48. The number of esters is 1. The predicted molar refractivity (Wildman–Crippen MR) is 115 cm³/mol. The molecular formula is C22H28N2O6S. The van der Waals surface area contributed by atoms with E-state index in [-0.39, 0.29) is 35.6 Å². The molecule has 0 bridgehead atoms. The van der Waals surface area contributed by atoms with Gasteiger partial charge in [-0.2, -0.15) is 4.31 Å². The van der Waals surface area contributed by atoms with Crippen molar-refractivity contribution in [1.29, 1.82) is 0 Å². The zero-order chi connectivity index (χ0) is 22.8. The van der Waals surface area contributed by atoms with E-state index >= 15 is 0 Å². The summed E-state index contributed by atoms with van der Waals surface area (Å²) < 4.78 is 39.9. The van der Waals surface area contributed by atoms with Gasteiger partial charge in [-0.25, -0.2) is 13.2 Å². The van der Waals surface area contributed by atoms with Crippen LogP contribution in [0.4, 0.5) is 0 Å². The van der Waals surface area contributed by atoms with Crippen molar-refractivity contribution in [2.45, 2.75) is 37.7 Å². The number of ether oxygens (including phenoxy) is 2. The summed E-state index contributed by atoms with van der Waals surface area (Å²) >= 11 is 0. The average molecular weight is 449 g/mol. The van der Waals surface area contributed by atoms with E-state index in [0.29, 0.717) is 23.4 Å². The molecule has 0 unspecified atom stereocenters. The Kier molecular flexibility index (Phi) is 6.98. The van der Waals surface area contributed by atoms with Crippen molar-refractivity contribution in [3.8, 4) is 0 Å². The number of aromatic nitrogens is 1. The highest BCUT2D eigenvalue weighted by Gasteiger charge is 2.33. The van der Waals surface area contributed by atoms with Crippen LogP contribution in [0.1, 0.15) is 44.9 Å². The van der Waals surface area contributed by atoms with Gasteiger partial charge in [0.05, 0.1) is 24.7 Å². The monoisotopic (exact) mass is 448 g/mol. The molecule has 1 aromatic carbocycles. The van der Waals surface area contributed by atoms with E-state index in [2.05, 4.69) is 0 Å². The third-order valence-electron chi connectivity index (χ3n) is 5.72. The van der Waals surface area contributed by atoms with Crippen molar-refractivity contribution in [1.82, 2.24) is 8.87 Å². The number of hydrogen-bond donors (Lipinski definition) is 0. The lowest BCUT2D eigenvalue weighted by molar-refractivity contribution is 0.0588. The molecule has 0 spiro atoms. The molecule has 1 aromatic heterocycles. The van der Waals surface area contributed by atoms with Gasteiger partial charge in [0, 0.05) is 31.5 Å². The molecule has 1 atom stereocenters. The molecule has 0 aliphatic carbocycles. The fourth-order valence-electron chi connectivity index (χ4n) is 4.02. The van der Waals surface area contributed by atoms with E-state index < -0.39 is 16.0 Å². The van der Waals surface area contributed by atoms with Crippen LogP contribution in [-0.4, -0.2) is 62.0 Å². The van der Waals surface area contributed by atoms with Crippen molar-refractivity contribution >= 4 is 21.8 Å². The fraction of sp³-hybridized carbons (Fsp3) is 0.455. The standard InChI is InChI=1S/C22H28N2O6S/c1-15-20(16(2)23(3)21(15)22(26)29-4)19(25)14-24(13-17-9-8-12-30-17)31(27,28)18-10-6-5-7-11-18/h5-7,10-11,17H,8-9,12-14H2,1-4H3/t17-/m0/s1. The molecule has 1 saturated heterocycles. The van der Waals surface area contributed by atoms with Crippen LogP contribution < -0.4 is 0 Å². The van der Waals surface area contributed by atoms with Gasteiger partial charge in [-0.1, -0.05) is 18.2 Å². The molecule has 0 radical (unpaired) electrons. The summed E-state index contributed by atoms with van der Waals surface area (Å²) in [6.45, 7) is 3.73. The highest BCUT2D eigenvalue weighted by molar-refractivity contribution is 7.89. The van der Waals surface area contributed by atoms with Crippen LogP contribution in [0.15, 0.2) is 35.2 Å². The molecule has 8 nitrogen and oxygen atoms in total. The highest BCUT2D eigenvalue weighted by Crippen LogP contribution is 2.25. The van der Waals surface area contributed by atoms with Crippen molar-refractivity contribution < 1.29 is 27.5 Å². The molecule has 1 aliphatic rings. The molecule has 9 heteroatoms. The minimum atomic E-state index is -3.91. The van der Waals surface area contributed by atoms with Crippen LogP contribution in [-0.2, 0) is 26.5 Å². The Hall–Kier alpha value is -2.49. The molecule has 0 saturated carbocycles. The number of hydrogen-bond acceptors (Lipinski definition) is 6. The van der Waals surface area contributed by atoms with Gasteiger partial charge in [-0.05, 0) is 44.4 Å². The van der Waals surface area contributed by atoms with Gasteiger partial charge in [-0.3, -0.25) is 4.79 Å². The van der Waals surface area contributed by atoms with E-state index in [9.17, 15) is 18.0 Å². The topological polar surface area (TPSA) is 94.9 Å². The number of nitrogens with zero attached hydrogens (tertiary/aromatic N) is 2. The first-order valence-electron chi connectivity index (χ1n) is 10.1. The van der Waals surface area contributed by atoms with Gasteiger partial charge >= 0.3 is 5.97 Å². The van der Waals surface area contributed by atoms with E-state index in [4.69, 9.17) is 9.47 Å². The smallest absolute Gasteiger partial charge is 0.354 e. The van der Waals surface area contributed by atoms with Gasteiger partial charge in [-0.15, -0.1) is 0 Å². The minimum Gasteiger partial charge on any atom is -0.464 e. The Morgan fingerprint density at radius 2 is 1.90 bits per heavy atom. The summed E-state index contributed by atoms with van der Waals surface area (Å²) in [6, 6.07) is 8.05. The third-order valence-corrected chi connectivity index (χ3v) is 7.55. The van der Waals surface area contributed by atoms with Gasteiger partial charge in [0.25, 0.3) is 0 Å². The van der Waals surface area contributed by atoms with Crippen molar-refractivity contribution in [3.63, 3.8) is 0 Å². The van der Waals surface area contributed by atoms with Crippen LogP contribution in [0.2, 0.25) is 0 Å².